The number of nitrogens with zero attached hydrogens (tertiary/aromatic N) is 1. The molecule has 0 bridgehead atoms. The molecular weight excluding hydrogens is 326 g/mol. The Labute approximate surface area is 161 Å². The van der Waals surface area contributed by atoms with Gasteiger partial charge in [-0.25, -0.2) is 0 Å². The Morgan fingerprint density at radius 2 is 1.12 bits per heavy atom. The van der Waals surface area contributed by atoms with Gasteiger partial charge in [0.1, 0.15) is 0 Å². The maximum atomic E-state index is 10.9. The molecule has 0 aliphatic carbocycles. The van der Waals surface area contributed by atoms with Crippen LogP contribution in [0.5, 0.6) is 0 Å². The van der Waals surface area contributed by atoms with Crippen LogP contribution in [0.4, 0.5) is 0 Å². The predicted molar refractivity (Wildman–Crippen MR) is 110 cm³/mol. The van der Waals surface area contributed by atoms with E-state index in [0.717, 1.165) is 12.8 Å². The smallest absolute Gasteiger partial charge is 0.329 e. The van der Waals surface area contributed by atoms with E-state index in [4.69, 9.17) is 16.0 Å². The van der Waals surface area contributed by atoms with Crippen LogP contribution in [-0.4, -0.2) is 23.5 Å². The number of carbonyl (C=O) groups is 1. The minimum atomic E-state index is -0.434. The second-order valence-corrected chi connectivity index (χ2v) is 7.37. The first-order chi connectivity index (χ1) is 12.6. The molecule has 0 rings (SSSR count). The first-order valence-corrected chi connectivity index (χ1v) is 10.9. The van der Waals surface area contributed by atoms with Gasteiger partial charge in [0.2, 0.25) is 5.96 Å². The van der Waals surface area contributed by atoms with Crippen LogP contribution in [0.2, 0.25) is 0 Å². The van der Waals surface area contributed by atoms with Gasteiger partial charge in [-0.1, -0.05) is 103 Å². The van der Waals surface area contributed by atoms with E-state index < -0.39 is 5.97 Å². The van der Waals surface area contributed by atoms with Gasteiger partial charge < -0.3 is 10.6 Å². The van der Waals surface area contributed by atoms with Crippen LogP contribution >= 0.6 is 0 Å². The predicted octanol–water partition coefficient (Wildman–Crippen LogP) is 5.92. The van der Waals surface area contributed by atoms with Gasteiger partial charge >= 0.3 is 5.97 Å². The second kappa shape index (κ2) is 18.5. The lowest BCUT2D eigenvalue weighted by atomic mass is 10.0. The Bertz CT molecular complexity index is 348. The van der Waals surface area contributed by atoms with Gasteiger partial charge in [0.05, 0.1) is 6.54 Å². The lowest BCUT2D eigenvalue weighted by Gasteiger charge is -2.19. The van der Waals surface area contributed by atoms with Gasteiger partial charge in [-0.2, -0.15) is 5.06 Å². The van der Waals surface area contributed by atoms with E-state index >= 15 is 0 Å². The lowest BCUT2D eigenvalue weighted by Crippen LogP contribution is -2.38. The molecular formula is C21H43N3O2. The zero-order valence-corrected chi connectivity index (χ0v) is 17.4. The summed E-state index contributed by atoms with van der Waals surface area (Å²) in [6, 6.07) is 0. The Balaban J connectivity index is 3.26. The molecule has 0 aliphatic rings. The average molecular weight is 370 g/mol. The van der Waals surface area contributed by atoms with Crippen LogP contribution in [-0.2, 0) is 9.63 Å². The summed E-state index contributed by atoms with van der Waals surface area (Å²) in [5, 5.41) is 8.53. The number of nitrogens with two attached hydrogens (primary N) is 1. The molecule has 0 amide bonds. The van der Waals surface area contributed by atoms with E-state index in [-0.39, 0.29) is 5.96 Å². The molecule has 0 atom stereocenters. The minimum Gasteiger partial charge on any atom is -0.368 e. The molecule has 3 N–H and O–H groups in total. The van der Waals surface area contributed by atoms with Gasteiger partial charge in [0.25, 0.3) is 0 Å². The monoisotopic (exact) mass is 369 g/mol. The van der Waals surface area contributed by atoms with Crippen LogP contribution in [0.25, 0.3) is 0 Å². The third-order valence-corrected chi connectivity index (χ3v) is 4.72. The molecule has 0 heterocycles. The van der Waals surface area contributed by atoms with Crippen molar-refractivity contribution in [3.63, 3.8) is 0 Å². The normalized spacial score (nSPS) is 10.7. The van der Waals surface area contributed by atoms with Crippen molar-refractivity contribution in [2.24, 2.45) is 5.73 Å². The average Bonchev–Trinajstić information content (AvgIpc) is 2.59. The minimum absolute atomic E-state index is 0.207. The second-order valence-electron chi connectivity index (χ2n) is 7.37. The highest BCUT2D eigenvalue weighted by molar-refractivity contribution is 5.76. The Morgan fingerprint density at radius 1 is 0.769 bits per heavy atom. The van der Waals surface area contributed by atoms with Crippen molar-refractivity contribution in [1.29, 1.82) is 5.41 Å². The molecule has 0 fully saturated rings. The topological polar surface area (TPSA) is 79.4 Å². The fourth-order valence-corrected chi connectivity index (χ4v) is 3.17. The fourth-order valence-electron chi connectivity index (χ4n) is 3.17. The summed E-state index contributed by atoms with van der Waals surface area (Å²) in [5.41, 5.74) is 5.38. The Kier molecular flexibility index (Phi) is 17.6. The number of hydrogen-bond acceptors (Lipinski definition) is 3. The van der Waals surface area contributed by atoms with Gasteiger partial charge in [-0.15, -0.1) is 0 Å². The zero-order chi connectivity index (χ0) is 19.5. The molecule has 0 spiro atoms. The maximum absolute atomic E-state index is 10.9. The number of hydroxylamine groups is 2. The summed E-state index contributed by atoms with van der Waals surface area (Å²) >= 11 is 0. The summed E-state index contributed by atoms with van der Waals surface area (Å²) in [7, 11) is 0. The summed E-state index contributed by atoms with van der Waals surface area (Å²) in [4.78, 5) is 15.8. The van der Waals surface area contributed by atoms with E-state index in [0.29, 0.717) is 6.54 Å². The van der Waals surface area contributed by atoms with E-state index in [9.17, 15) is 4.79 Å². The van der Waals surface area contributed by atoms with Crippen molar-refractivity contribution in [1.82, 2.24) is 5.06 Å². The molecule has 0 saturated carbocycles. The van der Waals surface area contributed by atoms with Gasteiger partial charge in [0, 0.05) is 6.92 Å². The van der Waals surface area contributed by atoms with E-state index in [2.05, 4.69) is 6.92 Å². The zero-order valence-electron chi connectivity index (χ0n) is 17.4. The molecule has 0 radical (unpaired) electrons. The lowest BCUT2D eigenvalue weighted by molar-refractivity contribution is -0.170. The fraction of sp³-hybridized carbons (Fsp3) is 0.905. The summed E-state index contributed by atoms with van der Waals surface area (Å²) < 4.78 is 0. The molecule has 0 unspecified atom stereocenters. The number of guanidine groups is 1. The number of hydrogen-bond donors (Lipinski definition) is 2. The van der Waals surface area contributed by atoms with Gasteiger partial charge in [-0.05, 0) is 6.42 Å². The largest absolute Gasteiger partial charge is 0.368 e. The molecule has 5 heteroatoms. The van der Waals surface area contributed by atoms with Crippen molar-refractivity contribution in [2.75, 3.05) is 6.54 Å². The van der Waals surface area contributed by atoms with Crippen LogP contribution < -0.4 is 5.73 Å². The van der Waals surface area contributed by atoms with Crippen LogP contribution in [0.15, 0.2) is 0 Å². The molecule has 5 nitrogen and oxygen atoms in total. The molecule has 26 heavy (non-hydrogen) atoms. The first-order valence-electron chi connectivity index (χ1n) is 10.9. The van der Waals surface area contributed by atoms with E-state index in [1.165, 1.54) is 102 Å². The van der Waals surface area contributed by atoms with Crippen molar-refractivity contribution in [3.05, 3.63) is 0 Å². The Morgan fingerprint density at radius 3 is 1.42 bits per heavy atom. The molecule has 0 aromatic carbocycles. The standard InChI is InChI=1S/C21H43N3O2/c1-3-4-5-6-7-8-9-10-11-12-13-14-15-16-17-18-19-24(21(22)23)26-20(2)25/h3-19H2,1-2H3,(H3,22,23). The van der Waals surface area contributed by atoms with E-state index in [1.807, 2.05) is 0 Å². The van der Waals surface area contributed by atoms with Crippen molar-refractivity contribution >= 4 is 11.9 Å². The van der Waals surface area contributed by atoms with Crippen LogP contribution in [0.1, 0.15) is 117 Å². The highest BCUT2D eigenvalue weighted by atomic mass is 16.7. The van der Waals surface area contributed by atoms with Gasteiger partial charge in [-0.3, -0.25) is 10.2 Å². The number of carbonyl (C=O) groups excluding carboxylic acids is 1. The molecule has 0 aromatic rings. The highest BCUT2D eigenvalue weighted by Crippen LogP contribution is 2.13. The molecule has 0 aromatic heterocycles. The van der Waals surface area contributed by atoms with Crippen LogP contribution in [0.3, 0.4) is 0 Å². The molecule has 0 saturated heterocycles. The van der Waals surface area contributed by atoms with Crippen molar-refractivity contribution in [3.8, 4) is 0 Å². The van der Waals surface area contributed by atoms with Crippen molar-refractivity contribution in [2.45, 2.75) is 117 Å². The third kappa shape index (κ3) is 17.6. The number of nitrogens with one attached hydrogen (secondary N) is 1. The first kappa shape index (κ1) is 24.7. The third-order valence-electron chi connectivity index (χ3n) is 4.72. The molecule has 0 aliphatic heterocycles. The summed E-state index contributed by atoms with van der Waals surface area (Å²) in [6.45, 7) is 4.10. The maximum Gasteiger partial charge on any atom is 0.329 e. The number of unbranched alkanes of at least 4 members (excludes halogenated alkanes) is 15. The Hall–Kier alpha value is -1.26. The SMILES string of the molecule is CCCCCCCCCCCCCCCCCCN(OC(C)=O)C(=N)N. The highest BCUT2D eigenvalue weighted by Gasteiger charge is 2.09. The molecule has 154 valence electrons. The van der Waals surface area contributed by atoms with Crippen LogP contribution in [0, 0.1) is 5.41 Å². The van der Waals surface area contributed by atoms with Crippen molar-refractivity contribution < 1.29 is 9.63 Å². The summed E-state index contributed by atoms with van der Waals surface area (Å²) in [6.07, 6.45) is 21.2. The van der Waals surface area contributed by atoms with Gasteiger partial charge in [0.15, 0.2) is 0 Å². The quantitative estimate of drug-likeness (QED) is 0.144. The van der Waals surface area contributed by atoms with E-state index in [1.54, 1.807) is 0 Å². The number of rotatable bonds is 17. The summed E-state index contributed by atoms with van der Waals surface area (Å²) in [5.74, 6) is -0.641.